The molecule has 5 rings (SSSR count). The van der Waals surface area contributed by atoms with Crippen LogP contribution in [0.2, 0.25) is 10.0 Å². The lowest BCUT2D eigenvalue weighted by molar-refractivity contribution is -0.0173. The van der Waals surface area contributed by atoms with E-state index in [9.17, 15) is 19.2 Å². The molecule has 0 unspecified atom stereocenters. The molecule has 178 valence electrons. The van der Waals surface area contributed by atoms with Crippen LogP contribution in [0.25, 0.3) is 10.9 Å². The number of amides is 1. The zero-order valence-corrected chi connectivity index (χ0v) is 19.4. The molecule has 0 atom stereocenters. The van der Waals surface area contributed by atoms with Gasteiger partial charge in [-0.3, -0.25) is 4.79 Å². The van der Waals surface area contributed by atoms with Gasteiger partial charge in [0, 0.05) is 27.2 Å². The third-order valence-electron chi connectivity index (χ3n) is 5.62. The van der Waals surface area contributed by atoms with E-state index in [1.807, 2.05) is 0 Å². The molecule has 11 heteroatoms. The Balaban J connectivity index is 1.55. The lowest BCUT2D eigenvalue weighted by atomic mass is 10.1. The van der Waals surface area contributed by atoms with Crippen molar-refractivity contribution >= 4 is 51.4 Å². The Morgan fingerprint density at radius 1 is 1.17 bits per heavy atom. The van der Waals surface area contributed by atoms with Crippen molar-refractivity contribution in [2.75, 3.05) is 12.1 Å². The summed E-state index contributed by atoms with van der Waals surface area (Å²) in [7, 11) is 0. The first-order valence-corrected chi connectivity index (χ1v) is 11.1. The van der Waals surface area contributed by atoms with Gasteiger partial charge in [-0.05, 0) is 53.7 Å². The molecule has 0 fully saturated rings. The molecule has 1 aliphatic heterocycles. The lowest BCUT2D eigenvalue weighted by Crippen LogP contribution is -2.15. The molecular weight excluding hydrogens is 500 g/mol. The van der Waals surface area contributed by atoms with Crippen molar-refractivity contribution < 1.29 is 23.8 Å². The Labute approximate surface area is 207 Å². The van der Waals surface area contributed by atoms with E-state index >= 15 is 0 Å². The van der Waals surface area contributed by atoms with E-state index in [0.29, 0.717) is 38.5 Å². The molecule has 1 amide bonds. The molecule has 4 aromatic rings. The highest BCUT2D eigenvalue weighted by molar-refractivity contribution is 6.37. The van der Waals surface area contributed by atoms with Crippen molar-refractivity contribution in [3.8, 4) is 11.6 Å². The number of fused-ring (bicyclic) bond motifs is 2. The van der Waals surface area contributed by atoms with Crippen LogP contribution in [-0.4, -0.2) is 22.4 Å². The second-order valence-electron chi connectivity index (χ2n) is 7.82. The maximum atomic E-state index is 14.3. The summed E-state index contributed by atoms with van der Waals surface area (Å²) in [6.07, 6.45) is 0. The van der Waals surface area contributed by atoms with Crippen molar-refractivity contribution in [2.24, 2.45) is 5.18 Å². The number of halogens is 3. The first-order valence-electron chi connectivity index (χ1n) is 10.3. The standard InChI is InChI=1S/C24H16Cl2FN3O5/c25-14-1-3-17(19(26)7-14)23(31)28-16-2-4-18-20(8-16)30(24(32)21(18)29-33)9-12-5-15(27)6-13-10-34-11-35-22(12)13/h1-8,32H,9-11H2,(H,28,31). The number of nitrogens with zero attached hydrogens (tertiary/aromatic N) is 2. The van der Waals surface area contributed by atoms with Gasteiger partial charge in [-0.15, -0.1) is 4.91 Å². The van der Waals surface area contributed by atoms with Crippen LogP contribution in [0.4, 0.5) is 15.8 Å². The summed E-state index contributed by atoms with van der Waals surface area (Å²) in [6.45, 7) is 0.163. The number of nitrogens with one attached hydrogen (secondary N) is 1. The molecule has 0 radical (unpaired) electrons. The Morgan fingerprint density at radius 3 is 2.77 bits per heavy atom. The smallest absolute Gasteiger partial charge is 0.257 e. The summed E-state index contributed by atoms with van der Waals surface area (Å²) in [4.78, 5) is 24.2. The van der Waals surface area contributed by atoms with Crippen LogP contribution < -0.4 is 10.1 Å². The highest BCUT2D eigenvalue weighted by atomic mass is 35.5. The molecule has 3 aromatic carbocycles. The number of hydrogen-bond acceptors (Lipinski definition) is 6. The number of aromatic hydroxyl groups is 1. The largest absolute Gasteiger partial charge is 0.493 e. The summed E-state index contributed by atoms with van der Waals surface area (Å²) >= 11 is 12.0. The van der Waals surface area contributed by atoms with E-state index < -0.39 is 17.6 Å². The number of nitroso groups, excluding NO2 is 1. The van der Waals surface area contributed by atoms with E-state index in [2.05, 4.69) is 10.5 Å². The van der Waals surface area contributed by atoms with Crippen LogP contribution in [0.5, 0.6) is 11.6 Å². The fraction of sp³-hybridized carbons (Fsp3) is 0.125. The van der Waals surface area contributed by atoms with Gasteiger partial charge in [-0.25, -0.2) is 4.39 Å². The number of benzene rings is 3. The van der Waals surface area contributed by atoms with Crippen LogP contribution in [0.15, 0.2) is 53.7 Å². The van der Waals surface area contributed by atoms with Gasteiger partial charge in [0.05, 0.1) is 29.3 Å². The Kier molecular flexibility index (Phi) is 6.06. The lowest BCUT2D eigenvalue weighted by Gasteiger charge is -2.21. The van der Waals surface area contributed by atoms with Gasteiger partial charge >= 0.3 is 0 Å². The minimum Gasteiger partial charge on any atom is -0.493 e. The van der Waals surface area contributed by atoms with E-state index in [4.69, 9.17) is 32.7 Å². The second kappa shape index (κ2) is 9.18. The minimum absolute atomic E-state index is 0.00855. The van der Waals surface area contributed by atoms with Gasteiger partial charge in [-0.2, -0.15) is 0 Å². The van der Waals surface area contributed by atoms with Crippen molar-refractivity contribution in [1.29, 1.82) is 0 Å². The molecule has 0 saturated carbocycles. The molecule has 35 heavy (non-hydrogen) atoms. The van der Waals surface area contributed by atoms with Gasteiger partial charge in [0.2, 0.25) is 5.88 Å². The Morgan fingerprint density at radius 2 is 2.00 bits per heavy atom. The second-order valence-corrected chi connectivity index (χ2v) is 8.67. The number of rotatable bonds is 5. The zero-order chi connectivity index (χ0) is 24.7. The van der Waals surface area contributed by atoms with Gasteiger partial charge in [0.1, 0.15) is 11.6 Å². The number of carbonyl (C=O) groups is 1. The number of ether oxygens (including phenoxy) is 2. The highest BCUT2D eigenvalue weighted by Crippen LogP contribution is 2.41. The van der Waals surface area contributed by atoms with Crippen LogP contribution in [-0.2, 0) is 17.9 Å². The maximum absolute atomic E-state index is 14.3. The summed E-state index contributed by atoms with van der Waals surface area (Å²) < 4.78 is 26.4. The molecular formula is C24H16Cl2FN3O5. The average molecular weight is 516 g/mol. The van der Waals surface area contributed by atoms with Crippen LogP contribution in [0, 0.1) is 10.7 Å². The maximum Gasteiger partial charge on any atom is 0.257 e. The van der Waals surface area contributed by atoms with Crippen molar-refractivity contribution in [3.63, 3.8) is 0 Å². The Hall–Kier alpha value is -3.66. The number of carbonyl (C=O) groups excluding carboxylic acids is 1. The molecule has 0 aliphatic carbocycles. The molecule has 8 nitrogen and oxygen atoms in total. The van der Waals surface area contributed by atoms with E-state index in [-0.39, 0.29) is 36.2 Å². The normalized spacial score (nSPS) is 12.8. The number of hydrogen-bond donors (Lipinski definition) is 2. The van der Waals surface area contributed by atoms with Crippen LogP contribution >= 0.6 is 23.2 Å². The monoisotopic (exact) mass is 515 g/mol. The molecule has 2 heterocycles. The van der Waals surface area contributed by atoms with Crippen molar-refractivity contribution in [1.82, 2.24) is 4.57 Å². The summed E-state index contributed by atoms with van der Waals surface area (Å²) in [5.41, 5.74) is 1.78. The quantitative estimate of drug-likeness (QED) is 0.301. The summed E-state index contributed by atoms with van der Waals surface area (Å²) in [5.74, 6) is -0.925. The summed E-state index contributed by atoms with van der Waals surface area (Å²) in [6, 6.07) is 11.8. The molecule has 2 N–H and O–H groups in total. The third kappa shape index (κ3) is 4.29. The van der Waals surface area contributed by atoms with Crippen molar-refractivity contribution in [2.45, 2.75) is 13.2 Å². The number of aromatic nitrogens is 1. The zero-order valence-electron chi connectivity index (χ0n) is 17.8. The topological polar surface area (TPSA) is 102 Å². The fourth-order valence-electron chi connectivity index (χ4n) is 4.06. The fourth-order valence-corrected chi connectivity index (χ4v) is 4.56. The SMILES string of the molecule is O=Nc1c(O)n(Cc2cc(F)cc3c2OCOC3)c2cc(NC(=O)c3ccc(Cl)cc3Cl)ccc12. The minimum atomic E-state index is -0.495. The van der Waals surface area contributed by atoms with Crippen molar-refractivity contribution in [3.05, 3.63) is 86.0 Å². The molecule has 1 aliphatic rings. The third-order valence-corrected chi connectivity index (χ3v) is 6.16. The average Bonchev–Trinajstić information content (AvgIpc) is 3.08. The Bertz CT molecular complexity index is 1500. The van der Waals surface area contributed by atoms with E-state index in [1.54, 1.807) is 24.3 Å². The van der Waals surface area contributed by atoms with Gasteiger partial charge in [-0.1, -0.05) is 23.2 Å². The first kappa shape index (κ1) is 23.1. The molecule has 0 bridgehead atoms. The van der Waals surface area contributed by atoms with Gasteiger partial charge in [0.25, 0.3) is 5.91 Å². The summed E-state index contributed by atoms with van der Waals surface area (Å²) in [5, 5.41) is 17.4. The molecule has 0 saturated heterocycles. The van der Waals surface area contributed by atoms with E-state index in [0.717, 1.165) is 0 Å². The highest BCUT2D eigenvalue weighted by Gasteiger charge is 2.23. The predicted molar refractivity (Wildman–Crippen MR) is 129 cm³/mol. The van der Waals surface area contributed by atoms with Crippen LogP contribution in [0.3, 0.4) is 0 Å². The first-order chi connectivity index (χ1) is 16.9. The predicted octanol–water partition coefficient (Wildman–Crippen LogP) is 6.36. The van der Waals surface area contributed by atoms with Gasteiger partial charge in [0.15, 0.2) is 12.5 Å². The molecule has 0 spiro atoms. The number of anilines is 1. The van der Waals surface area contributed by atoms with Crippen LogP contribution in [0.1, 0.15) is 21.5 Å². The van der Waals surface area contributed by atoms with Gasteiger partial charge < -0.3 is 24.5 Å². The molecule has 1 aromatic heterocycles. The van der Waals surface area contributed by atoms with E-state index in [1.165, 1.54) is 28.8 Å².